The van der Waals surface area contributed by atoms with Crippen LogP contribution < -0.4 is 15.4 Å². The smallest absolute Gasteiger partial charge is 0.387 e. The lowest BCUT2D eigenvalue weighted by molar-refractivity contribution is -0.121. The Morgan fingerprint density at radius 3 is 2.95 bits per heavy atom. The van der Waals surface area contributed by atoms with Crippen molar-refractivity contribution in [2.24, 2.45) is 0 Å². The van der Waals surface area contributed by atoms with E-state index in [-0.39, 0.29) is 36.5 Å². The third kappa shape index (κ3) is 6.27. The van der Waals surface area contributed by atoms with E-state index >= 15 is 0 Å². The predicted molar refractivity (Wildman–Crippen MR) is 78.1 cm³/mol. The highest BCUT2D eigenvalue weighted by Gasteiger charge is 2.15. The standard InChI is InChI=1S/C14H18F2N2O2.ClH/c15-14(16)20-12-5-1-3-10(7-12)8-13(19)18-11-4-2-6-17-9-11;/h1,3,5,7,11,14,17H,2,4,6,8-9H2,(H,18,19);1H/t11-;/m0./s1. The average molecular weight is 321 g/mol. The van der Waals surface area contributed by atoms with Gasteiger partial charge in [-0.25, -0.2) is 0 Å². The van der Waals surface area contributed by atoms with E-state index in [1.165, 1.54) is 12.1 Å². The Morgan fingerprint density at radius 2 is 2.29 bits per heavy atom. The van der Waals surface area contributed by atoms with Gasteiger partial charge in [-0.05, 0) is 37.1 Å². The molecule has 1 fully saturated rings. The van der Waals surface area contributed by atoms with Crippen LogP contribution in [-0.2, 0) is 11.2 Å². The molecule has 1 heterocycles. The first-order valence-corrected chi connectivity index (χ1v) is 6.67. The molecule has 1 aliphatic rings. The molecule has 0 unspecified atom stereocenters. The minimum atomic E-state index is -2.85. The normalized spacial score (nSPS) is 18.0. The lowest BCUT2D eigenvalue weighted by Gasteiger charge is -2.23. The number of alkyl halides is 2. The maximum absolute atomic E-state index is 12.1. The summed E-state index contributed by atoms with van der Waals surface area (Å²) in [6.45, 7) is -1.09. The van der Waals surface area contributed by atoms with E-state index in [2.05, 4.69) is 15.4 Å². The number of piperidine rings is 1. The molecule has 2 rings (SSSR count). The highest BCUT2D eigenvalue weighted by Crippen LogP contribution is 2.16. The third-order valence-corrected chi connectivity index (χ3v) is 3.15. The van der Waals surface area contributed by atoms with Crippen LogP contribution in [0.1, 0.15) is 18.4 Å². The summed E-state index contributed by atoms with van der Waals surface area (Å²) < 4.78 is 28.5. The lowest BCUT2D eigenvalue weighted by Crippen LogP contribution is -2.46. The van der Waals surface area contributed by atoms with E-state index in [0.29, 0.717) is 5.56 Å². The van der Waals surface area contributed by atoms with Gasteiger partial charge in [0.25, 0.3) is 0 Å². The summed E-state index contributed by atoms with van der Waals surface area (Å²) in [6, 6.07) is 6.37. The number of rotatable bonds is 5. The van der Waals surface area contributed by atoms with Crippen molar-refractivity contribution >= 4 is 18.3 Å². The first kappa shape index (κ1) is 17.7. The molecule has 0 bridgehead atoms. The van der Waals surface area contributed by atoms with E-state index < -0.39 is 6.61 Å². The van der Waals surface area contributed by atoms with Crippen LogP contribution in [-0.4, -0.2) is 31.7 Å². The molecule has 2 N–H and O–H groups in total. The topological polar surface area (TPSA) is 50.4 Å². The highest BCUT2D eigenvalue weighted by atomic mass is 35.5. The number of amides is 1. The molecule has 0 radical (unpaired) electrons. The van der Waals surface area contributed by atoms with Gasteiger partial charge in [-0.15, -0.1) is 12.4 Å². The molecule has 1 aromatic rings. The van der Waals surface area contributed by atoms with Crippen molar-refractivity contribution < 1.29 is 18.3 Å². The summed E-state index contributed by atoms with van der Waals surface area (Å²) in [5.74, 6) is -0.0301. The second-order valence-corrected chi connectivity index (χ2v) is 4.81. The van der Waals surface area contributed by atoms with Crippen molar-refractivity contribution in [1.29, 1.82) is 0 Å². The van der Waals surface area contributed by atoms with Gasteiger partial charge in [0.1, 0.15) is 5.75 Å². The van der Waals surface area contributed by atoms with Gasteiger partial charge in [0, 0.05) is 12.6 Å². The van der Waals surface area contributed by atoms with Crippen LogP contribution in [0.2, 0.25) is 0 Å². The molecule has 0 spiro atoms. The Hall–Kier alpha value is -1.40. The maximum atomic E-state index is 12.1. The summed E-state index contributed by atoms with van der Waals surface area (Å²) in [5, 5.41) is 6.15. The van der Waals surface area contributed by atoms with Crippen molar-refractivity contribution in [3.8, 4) is 5.75 Å². The van der Waals surface area contributed by atoms with E-state index in [1.54, 1.807) is 12.1 Å². The Balaban J connectivity index is 0.00000220. The maximum Gasteiger partial charge on any atom is 0.387 e. The number of benzene rings is 1. The van der Waals surface area contributed by atoms with Crippen molar-refractivity contribution in [1.82, 2.24) is 10.6 Å². The Bertz CT molecular complexity index is 454. The largest absolute Gasteiger partial charge is 0.435 e. The number of nitrogens with one attached hydrogen (secondary N) is 2. The van der Waals surface area contributed by atoms with Gasteiger partial charge in [0.05, 0.1) is 6.42 Å². The van der Waals surface area contributed by atoms with Crippen LogP contribution in [0.3, 0.4) is 0 Å². The fraction of sp³-hybridized carbons (Fsp3) is 0.500. The summed E-state index contributed by atoms with van der Waals surface area (Å²) >= 11 is 0. The second-order valence-electron chi connectivity index (χ2n) is 4.81. The number of hydrogen-bond acceptors (Lipinski definition) is 3. The third-order valence-electron chi connectivity index (χ3n) is 3.15. The van der Waals surface area contributed by atoms with Crippen LogP contribution in [0.25, 0.3) is 0 Å². The molecule has 0 aliphatic carbocycles. The monoisotopic (exact) mass is 320 g/mol. The number of halogens is 3. The predicted octanol–water partition coefficient (Wildman–Crippen LogP) is 2.12. The van der Waals surface area contributed by atoms with Crippen molar-refractivity contribution in [3.63, 3.8) is 0 Å². The summed E-state index contributed by atoms with van der Waals surface area (Å²) in [6.07, 6.45) is 2.17. The summed E-state index contributed by atoms with van der Waals surface area (Å²) in [7, 11) is 0. The van der Waals surface area contributed by atoms with Gasteiger partial charge < -0.3 is 15.4 Å². The van der Waals surface area contributed by atoms with Crippen molar-refractivity contribution in [2.45, 2.75) is 31.9 Å². The van der Waals surface area contributed by atoms with Crippen molar-refractivity contribution in [3.05, 3.63) is 29.8 Å². The van der Waals surface area contributed by atoms with Gasteiger partial charge in [-0.2, -0.15) is 8.78 Å². The van der Waals surface area contributed by atoms with Crippen LogP contribution in [0.15, 0.2) is 24.3 Å². The van der Waals surface area contributed by atoms with Crippen LogP contribution in [0, 0.1) is 0 Å². The Morgan fingerprint density at radius 1 is 1.48 bits per heavy atom. The lowest BCUT2D eigenvalue weighted by atomic mass is 10.1. The molecule has 1 saturated heterocycles. The quantitative estimate of drug-likeness (QED) is 0.874. The molecule has 0 saturated carbocycles. The van der Waals surface area contributed by atoms with Crippen LogP contribution >= 0.6 is 12.4 Å². The van der Waals surface area contributed by atoms with E-state index in [0.717, 1.165) is 25.9 Å². The Kier molecular flexibility index (Phi) is 7.39. The van der Waals surface area contributed by atoms with Gasteiger partial charge in [0.2, 0.25) is 5.91 Å². The van der Waals surface area contributed by atoms with E-state index in [1.807, 2.05) is 0 Å². The molecule has 21 heavy (non-hydrogen) atoms. The molecule has 1 atom stereocenters. The number of carbonyl (C=O) groups excluding carboxylic acids is 1. The average Bonchev–Trinajstić information content (AvgIpc) is 2.39. The second kappa shape index (κ2) is 8.79. The number of ether oxygens (including phenoxy) is 1. The molecule has 118 valence electrons. The van der Waals surface area contributed by atoms with Crippen LogP contribution in [0.4, 0.5) is 8.78 Å². The molecule has 1 amide bonds. The molecule has 4 nitrogen and oxygen atoms in total. The Labute approximate surface area is 128 Å². The fourth-order valence-corrected chi connectivity index (χ4v) is 2.27. The number of carbonyl (C=O) groups is 1. The molecular weight excluding hydrogens is 302 g/mol. The zero-order valence-electron chi connectivity index (χ0n) is 11.5. The van der Waals surface area contributed by atoms with Gasteiger partial charge in [-0.3, -0.25) is 4.79 Å². The molecule has 0 aromatic heterocycles. The van der Waals surface area contributed by atoms with Gasteiger partial charge in [-0.1, -0.05) is 12.1 Å². The molecule has 1 aromatic carbocycles. The molecule has 1 aliphatic heterocycles. The van der Waals surface area contributed by atoms with Gasteiger partial charge >= 0.3 is 6.61 Å². The first-order chi connectivity index (χ1) is 9.63. The molecular formula is C14H19ClF2N2O2. The van der Waals surface area contributed by atoms with Gasteiger partial charge in [0.15, 0.2) is 0 Å². The summed E-state index contributed by atoms with van der Waals surface area (Å²) in [5.41, 5.74) is 0.657. The first-order valence-electron chi connectivity index (χ1n) is 6.67. The number of hydrogen-bond donors (Lipinski definition) is 2. The van der Waals surface area contributed by atoms with Crippen LogP contribution in [0.5, 0.6) is 5.75 Å². The zero-order valence-corrected chi connectivity index (χ0v) is 12.3. The summed E-state index contributed by atoms with van der Waals surface area (Å²) in [4.78, 5) is 11.9. The zero-order chi connectivity index (χ0) is 14.4. The molecule has 7 heteroatoms. The minimum Gasteiger partial charge on any atom is -0.435 e. The van der Waals surface area contributed by atoms with E-state index in [9.17, 15) is 13.6 Å². The fourth-order valence-electron chi connectivity index (χ4n) is 2.27. The minimum absolute atomic E-state index is 0. The SMILES string of the molecule is Cl.O=C(Cc1cccc(OC(F)F)c1)N[C@H]1CCCNC1. The van der Waals surface area contributed by atoms with Crippen molar-refractivity contribution in [2.75, 3.05) is 13.1 Å². The highest BCUT2D eigenvalue weighted by molar-refractivity contribution is 5.85. The van der Waals surface area contributed by atoms with E-state index in [4.69, 9.17) is 0 Å².